The number of nitrogens with zero attached hydrogens (tertiary/aromatic N) is 2. The van der Waals surface area contributed by atoms with E-state index in [2.05, 4.69) is 0 Å². The second kappa shape index (κ2) is 8.06. The van der Waals surface area contributed by atoms with Gasteiger partial charge in [0, 0.05) is 24.6 Å². The second-order valence-corrected chi connectivity index (χ2v) is 12.1. The molecule has 6 unspecified atom stereocenters. The van der Waals surface area contributed by atoms with E-state index in [9.17, 15) is 24.3 Å². The molecule has 4 amide bonds. The molecule has 36 heavy (non-hydrogen) atoms. The molecule has 2 saturated heterocycles. The van der Waals surface area contributed by atoms with Gasteiger partial charge in [-0.3, -0.25) is 29.0 Å². The average molecular weight is 531 g/mol. The topological polar surface area (TPSA) is 95.0 Å². The summed E-state index contributed by atoms with van der Waals surface area (Å²) in [5.74, 6) is -4.35. The smallest absolute Gasteiger partial charge is 0.253 e. The van der Waals surface area contributed by atoms with Crippen LogP contribution in [0, 0.1) is 17.8 Å². The minimum atomic E-state index is -1.87. The van der Waals surface area contributed by atoms with Crippen molar-refractivity contribution in [3.05, 3.63) is 41.5 Å². The fourth-order valence-corrected chi connectivity index (χ4v) is 8.56. The number of halogens is 2. The molecule has 2 saturated carbocycles. The van der Waals surface area contributed by atoms with Crippen molar-refractivity contribution in [2.75, 3.05) is 7.05 Å². The SMILES string of the molecule is CN1C(=O)C2(Cl)CC3C(=CCC4C(=O)N(C5CCCCC5)C(=O)C43)C(c3ccccc3O)C2(Cl)C1=O. The Labute approximate surface area is 219 Å². The Balaban J connectivity index is 1.50. The van der Waals surface area contributed by atoms with Crippen LogP contribution in [0.5, 0.6) is 5.75 Å². The lowest BCUT2D eigenvalue weighted by atomic mass is 9.56. The number of amides is 4. The third kappa shape index (κ3) is 2.87. The molecule has 6 rings (SSSR count). The molecule has 2 heterocycles. The first-order chi connectivity index (χ1) is 17.1. The number of phenols is 1. The van der Waals surface area contributed by atoms with Gasteiger partial charge in [-0.2, -0.15) is 0 Å². The molecule has 190 valence electrons. The summed E-state index contributed by atoms with van der Waals surface area (Å²) in [5.41, 5.74) is 1.08. The standard InChI is InChI=1S/C27H28Cl2N2O5/c1-30-24(35)26(28)13-18-15(21(27(26,29)25(30)36)16-9-5-6-10-19(16)32)11-12-17-20(18)23(34)31(22(17)33)14-7-3-2-4-8-14/h5-6,9-11,14,17-18,20-21,32H,2-4,7-8,12-13H2,1H3. The van der Waals surface area contributed by atoms with Crippen LogP contribution in [0.1, 0.15) is 56.4 Å². The fourth-order valence-electron chi connectivity index (χ4n) is 7.54. The number of benzene rings is 1. The molecule has 1 aromatic carbocycles. The quantitative estimate of drug-likeness (QED) is 0.357. The van der Waals surface area contributed by atoms with E-state index in [1.54, 1.807) is 18.2 Å². The van der Waals surface area contributed by atoms with Crippen LogP contribution in [0.2, 0.25) is 0 Å². The van der Waals surface area contributed by atoms with Gasteiger partial charge in [-0.15, -0.1) is 23.2 Å². The molecule has 0 radical (unpaired) electrons. The molecule has 2 aliphatic heterocycles. The van der Waals surface area contributed by atoms with Gasteiger partial charge in [-0.05, 0) is 37.7 Å². The van der Waals surface area contributed by atoms with E-state index in [0.29, 0.717) is 17.6 Å². The maximum Gasteiger partial charge on any atom is 0.253 e. The molecule has 4 fully saturated rings. The van der Waals surface area contributed by atoms with Crippen molar-refractivity contribution in [1.29, 1.82) is 0 Å². The number of imide groups is 2. The Morgan fingerprint density at radius 1 is 0.944 bits per heavy atom. The van der Waals surface area contributed by atoms with Crippen LogP contribution in [0.25, 0.3) is 0 Å². The monoisotopic (exact) mass is 530 g/mol. The minimum absolute atomic E-state index is 0.0262. The summed E-state index contributed by atoms with van der Waals surface area (Å²) in [6.45, 7) is 0. The Bertz CT molecular complexity index is 1230. The molecule has 1 aromatic rings. The predicted molar refractivity (Wildman–Crippen MR) is 132 cm³/mol. The number of alkyl halides is 2. The average Bonchev–Trinajstić information content (AvgIpc) is 3.20. The third-order valence-corrected chi connectivity index (χ3v) is 10.6. The number of allylic oxidation sites excluding steroid dienone is 2. The maximum atomic E-state index is 13.9. The normalized spacial score (nSPS) is 38.7. The van der Waals surface area contributed by atoms with Crippen molar-refractivity contribution in [3.63, 3.8) is 0 Å². The lowest BCUT2D eigenvalue weighted by Gasteiger charge is -2.50. The molecule has 7 nitrogen and oxygen atoms in total. The van der Waals surface area contributed by atoms with Gasteiger partial charge in [0.15, 0.2) is 9.75 Å². The number of para-hydroxylation sites is 1. The van der Waals surface area contributed by atoms with Gasteiger partial charge < -0.3 is 5.11 Å². The van der Waals surface area contributed by atoms with Crippen LogP contribution in [-0.4, -0.2) is 61.4 Å². The van der Waals surface area contributed by atoms with E-state index in [0.717, 1.165) is 37.0 Å². The third-order valence-electron chi connectivity index (χ3n) is 9.24. The molecule has 0 bridgehead atoms. The van der Waals surface area contributed by atoms with Crippen LogP contribution in [0.3, 0.4) is 0 Å². The van der Waals surface area contributed by atoms with E-state index in [1.807, 2.05) is 6.08 Å². The van der Waals surface area contributed by atoms with Crippen molar-refractivity contribution in [2.45, 2.75) is 66.7 Å². The number of rotatable bonds is 2. The van der Waals surface area contributed by atoms with E-state index < -0.39 is 45.2 Å². The van der Waals surface area contributed by atoms with E-state index >= 15 is 0 Å². The molecule has 0 aromatic heterocycles. The molecule has 1 N–H and O–H groups in total. The molecule has 5 aliphatic rings. The summed E-state index contributed by atoms with van der Waals surface area (Å²) in [6.07, 6.45) is 6.91. The van der Waals surface area contributed by atoms with Crippen LogP contribution < -0.4 is 0 Å². The predicted octanol–water partition coefficient (Wildman–Crippen LogP) is 3.71. The van der Waals surface area contributed by atoms with Crippen LogP contribution in [-0.2, 0) is 19.2 Å². The van der Waals surface area contributed by atoms with Crippen molar-refractivity contribution >= 4 is 46.8 Å². The highest BCUT2D eigenvalue weighted by Gasteiger charge is 2.76. The Morgan fingerprint density at radius 3 is 2.33 bits per heavy atom. The number of phenolic OH excluding ortho intramolecular Hbond substituents is 1. The number of hydrogen-bond acceptors (Lipinski definition) is 5. The molecule has 0 spiro atoms. The Hall–Kier alpha value is -2.38. The van der Waals surface area contributed by atoms with Gasteiger partial charge in [-0.25, -0.2) is 0 Å². The van der Waals surface area contributed by atoms with Gasteiger partial charge in [0.2, 0.25) is 11.8 Å². The van der Waals surface area contributed by atoms with Crippen LogP contribution >= 0.6 is 23.2 Å². The first-order valence-corrected chi connectivity index (χ1v) is 13.4. The van der Waals surface area contributed by atoms with Gasteiger partial charge in [-0.1, -0.05) is 49.1 Å². The lowest BCUT2D eigenvalue weighted by molar-refractivity contribution is -0.144. The number of carbonyl (C=O) groups excluding carboxylic acids is 4. The fraction of sp³-hybridized carbons (Fsp3) is 0.556. The van der Waals surface area contributed by atoms with Gasteiger partial charge in [0.1, 0.15) is 5.75 Å². The minimum Gasteiger partial charge on any atom is -0.508 e. The van der Waals surface area contributed by atoms with Crippen LogP contribution in [0.4, 0.5) is 0 Å². The number of aromatic hydroxyl groups is 1. The summed E-state index contributed by atoms with van der Waals surface area (Å²) in [6, 6.07) is 6.46. The molecule has 3 aliphatic carbocycles. The number of fused-ring (bicyclic) bond motifs is 4. The first-order valence-electron chi connectivity index (χ1n) is 12.7. The molecule has 6 atom stereocenters. The Morgan fingerprint density at radius 2 is 1.64 bits per heavy atom. The maximum absolute atomic E-state index is 13.9. The van der Waals surface area contributed by atoms with Crippen molar-refractivity contribution < 1.29 is 24.3 Å². The van der Waals surface area contributed by atoms with Crippen molar-refractivity contribution in [2.24, 2.45) is 17.8 Å². The highest BCUT2D eigenvalue weighted by molar-refractivity contribution is 6.53. The summed E-state index contributed by atoms with van der Waals surface area (Å²) in [4.78, 5) is 53.1. The number of carbonyl (C=O) groups is 4. The van der Waals surface area contributed by atoms with Crippen molar-refractivity contribution in [1.82, 2.24) is 9.80 Å². The first kappa shape index (κ1) is 24.0. The van der Waals surface area contributed by atoms with E-state index in [1.165, 1.54) is 18.0 Å². The number of likely N-dealkylation sites (tertiary alicyclic amines) is 2. The summed E-state index contributed by atoms with van der Waals surface area (Å²) in [7, 11) is 1.36. The van der Waals surface area contributed by atoms with Crippen LogP contribution in [0.15, 0.2) is 35.9 Å². The second-order valence-electron chi connectivity index (χ2n) is 10.9. The number of hydrogen-bond donors (Lipinski definition) is 1. The zero-order valence-corrected chi connectivity index (χ0v) is 21.5. The molecular formula is C27H28Cl2N2O5. The Kier molecular flexibility index (Phi) is 5.37. The lowest BCUT2D eigenvalue weighted by Crippen LogP contribution is -2.60. The zero-order chi connectivity index (χ0) is 25.6. The summed E-state index contributed by atoms with van der Waals surface area (Å²) < 4.78 is 0. The molecular weight excluding hydrogens is 503 g/mol. The highest BCUT2D eigenvalue weighted by atomic mass is 35.5. The van der Waals surface area contributed by atoms with Crippen molar-refractivity contribution in [3.8, 4) is 5.75 Å². The van der Waals surface area contributed by atoms with E-state index in [4.69, 9.17) is 23.2 Å². The van der Waals surface area contributed by atoms with Gasteiger partial charge in [0.25, 0.3) is 11.8 Å². The van der Waals surface area contributed by atoms with Gasteiger partial charge in [0.05, 0.1) is 11.8 Å². The van der Waals surface area contributed by atoms with Gasteiger partial charge >= 0.3 is 0 Å². The highest BCUT2D eigenvalue weighted by Crippen LogP contribution is 2.66. The zero-order valence-electron chi connectivity index (χ0n) is 20.0. The summed E-state index contributed by atoms with van der Waals surface area (Å²) in [5, 5.41) is 10.8. The summed E-state index contributed by atoms with van der Waals surface area (Å²) >= 11 is 14.2. The molecule has 9 heteroatoms. The largest absolute Gasteiger partial charge is 0.508 e. The van der Waals surface area contributed by atoms with E-state index in [-0.39, 0.29) is 30.0 Å².